The lowest BCUT2D eigenvalue weighted by atomic mass is 9.93. The third-order valence-corrected chi connectivity index (χ3v) is 5.38. The third-order valence-electron chi connectivity index (χ3n) is 5.38. The second-order valence-electron chi connectivity index (χ2n) is 7.23. The molecule has 8 heteroatoms. The molecule has 0 radical (unpaired) electrons. The van der Waals surface area contributed by atoms with Crippen molar-refractivity contribution in [1.29, 1.82) is 0 Å². The first-order valence-electron chi connectivity index (χ1n) is 9.49. The smallest absolute Gasteiger partial charge is 0.158 e. The van der Waals surface area contributed by atoms with Crippen molar-refractivity contribution in [1.82, 2.24) is 19.5 Å². The SMILES string of the molecule is COc1cccc(Nc2ncnn3ccc(CN4CC[C@@H](N)[C@H](CO)C4)c23)c1. The minimum absolute atomic E-state index is 0.0700. The van der Waals surface area contributed by atoms with Gasteiger partial charge in [0, 0.05) is 49.6 Å². The van der Waals surface area contributed by atoms with Crippen LogP contribution >= 0.6 is 0 Å². The molecule has 148 valence electrons. The zero-order valence-corrected chi connectivity index (χ0v) is 16.0. The lowest BCUT2D eigenvalue weighted by molar-refractivity contribution is 0.0995. The molecule has 2 atom stereocenters. The summed E-state index contributed by atoms with van der Waals surface area (Å²) in [7, 11) is 1.65. The number of nitrogens with two attached hydrogens (primary N) is 1. The van der Waals surface area contributed by atoms with Gasteiger partial charge in [0.1, 0.15) is 17.6 Å². The largest absolute Gasteiger partial charge is 0.497 e. The van der Waals surface area contributed by atoms with E-state index in [1.54, 1.807) is 13.4 Å². The third kappa shape index (κ3) is 3.80. The fraction of sp³-hybridized carbons (Fsp3) is 0.400. The number of hydrogen-bond acceptors (Lipinski definition) is 7. The Kier molecular flexibility index (Phi) is 5.43. The van der Waals surface area contributed by atoms with E-state index < -0.39 is 0 Å². The number of aromatic nitrogens is 3. The molecule has 3 heterocycles. The number of piperidine rings is 1. The molecule has 1 saturated heterocycles. The number of fused-ring (bicyclic) bond motifs is 1. The summed E-state index contributed by atoms with van der Waals surface area (Å²) >= 11 is 0. The van der Waals surface area contributed by atoms with E-state index in [0.29, 0.717) is 0 Å². The molecule has 2 aromatic heterocycles. The monoisotopic (exact) mass is 382 g/mol. The zero-order chi connectivity index (χ0) is 19.5. The van der Waals surface area contributed by atoms with Gasteiger partial charge >= 0.3 is 0 Å². The number of anilines is 2. The Bertz CT molecular complexity index is 943. The van der Waals surface area contributed by atoms with Crippen LogP contribution in [0.4, 0.5) is 11.5 Å². The highest BCUT2D eigenvalue weighted by atomic mass is 16.5. The number of methoxy groups -OCH3 is 1. The van der Waals surface area contributed by atoms with Crippen LogP contribution in [0, 0.1) is 5.92 Å². The highest BCUT2D eigenvalue weighted by molar-refractivity contribution is 5.76. The molecule has 1 fully saturated rings. The van der Waals surface area contributed by atoms with Crippen molar-refractivity contribution < 1.29 is 9.84 Å². The number of benzene rings is 1. The molecule has 1 aromatic carbocycles. The van der Waals surface area contributed by atoms with E-state index in [9.17, 15) is 5.11 Å². The molecule has 0 aliphatic carbocycles. The van der Waals surface area contributed by atoms with Gasteiger partial charge < -0.3 is 20.9 Å². The van der Waals surface area contributed by atoms with Crippen molar-refractivity contribution in [3.63, 3.8) is 0 Å². The van der Waals surface area contributed by atoms with Crippen LogP contribution in [-0.4, -0.2) is 57.5 Å². The first kappa shape index (κ1) is 18.7. The maximum atomic E-state index is 9.58. The summed E-state index contributed by atoms with van der Waals surface area (Å²) in [6, 6.07) is 9.89. The Morgan fingerprint density at radius 3 is 3.07 bits per heavy atom. The van der Waals surface area contributed by atoms with Gasteiger partial charge in [-0.05, 0) is 36.7 Å². The Morgan fingerprint density at radius 1 is 1.36 bits per heavy atom. The van der Waals surface area contributed by atoms with Gasteiger partial charge in [-0.15, -0.1) is 0 Å². The highest BCUT2D eigenvalue weighted by Crippen LogP contribution is 2.27. The van der Waals surface area contributed by atoms with Gasteiger partial charge in [0.15, 0.2) is 5.82 Å². The Morgan fingerprint density at radius 2 is 2.25 bits per heavy atom. The maximum absolute atomic E-state index is 9.58. The summed E-state index contributed by atoms with van der Waals surface area (Å²) in [6.07, 6.45) is 4.38. The molecule has 0 bridgehead atoms. The molecule has 1 aliphatic rings. The topological polar surface area (TPSA) is 101 Å². The second kappa shape index (κ2) is 8.14. The van der Waals surface area contributed by atoms with Crippen molar-refractivity contribution in [3.05, 3.63) is 48.4 Å². The van der Waals surface area contributed by atoms with Gasteiger partial charge in [-0.3, -0.25) is 4.90 Å². The zero-order valence-electron chi connectivity index (χ0n) is 16.0. The molecule has 28 heavy (non-hydrogen) atoms. The van der Waals surface area contributed by atoms with Crippen LogP contribution in [0.3, 0.4) is 0 Å². The molecule has 0 unspecified atom stereocenters. The molecule has 1 aliphatic heterocycles. The van der Waals surface area contributed by atoms with E-state index in [2.05, 4.69) is 26.4 Å². The van der Waals surface area contributed by atoms with Crippen LogP contribution in [-0.2, 0) is 6.54 Å². The average Bonchev–Trinajstić information content (AvgIpc) is 3.13. The number of likely N-dealkylation sites (tertiary alicyclic amines) is 1. The second-order valence-corrected chi connectivity index (χ2v) is 7.23. The highest BCUT2D eigenvalue weighted by Gasteiger charge is 2.26. The summed E-state index contributed by atoms with van der Waals surface area (Å²) in [5.41, 5.74) is 9.10. The van der Waals surface area contributed by atoms with Crippen LogP contribution in [0.5, 0.6) is 5.75 Å². The van der Waals surface area contributed by atoms with E-state index in [4.69, 9.17) is 10.5 Å². The number of rotatable bonds is 6. The van der Waals surface area contributed by atoms with Crippen molar-refractivity contribution >= 4 is 17.0 Å². The molecular weight excluding hydrogens is 356 g/mol. The normalized spacial score (nSPS) is 20.4. The van der Waals surface area contributed by atoms with E-state index in [0.717, 1.165) is 54.4 Å². The Balaban J connectivity index is 1.60. The molecule has 8 nitrogen and oxygen atoms in total. The molecule has 0 amide bonds. The predicted octanol–water partition coefficient (Wildman–Crippen LogP) is 1.62. The van der Waals surface area contributed by atoms with Gasteiger partial charge in [-0.2, -0.15) is 5.10 Å². The predicted molar refractivity (Wildman–Crippen MR) is 108 cm³/mol. The Labute approximate surface area is 163 Å². The van der Waals surface area contributed by atoms with Crippen LogP contribution in [0.1, 0.15) is 12.0 Å². The van der Waals surface area contributed by atoms with Crippen molar-refractivity contribution in [2.45, 2.75) is 19.0 Å². The number of nitrogens with zero attached hydrogens (tertiary/aromatic N) is 4. The molecule has 0 saturated carbocycles. The molecule has 4 N–H and O–H groups in total. The number of aliphatic hydroxyl groups excluding tert-OH is 1. The summed E-state index contributed by atoms with van der Waals surface area (Å²) in [4.78, 5) is 6.80. The quantitative estimate of drug-likeness (QED) is 0.595. The van der Waals surface area contributed by atoms with Gasteiger partial charge in [-0.1, -0.05) is 6.07 Å². The van der Waals surface area contributed by atoms with E-state index in [-0.39, 0.29) is 18.6 Å². The fourth-order valence-electron chi connectivity index (χ4n) is 3.78. The minimum atomic E-state index is 0.0700. The first-order chi connectivity index (χ1) is 13.7. The van der Waals surface area contributed by atoms with Crippen molar-refractivity contribution in [2.75, 3.05) is 32.1 Å². The summed E-state index contributed by atoms with van der Waals surface area (Å²) in [5, 5.41) is 17.3. The standard InChI is InChI=1S/C20H26N6O2/c1-28-17-4-2-3-16(9-17)24-20-19-14(5-8-26(19)23-13-22-20)10-25-7-6-18(21)15(11-25)12-27/h2-5,8-9,13,15,18,27H,6-7,10-12,21H2,1H3,(H,22,23,24)/t15-,18+/m0/s1. The number of ether oxygens (including phenoxy) is 1. The van der Waals surface area contributed by atoms with Crippen LogP contribution in [0.2, 0.25) is 0 Å². The van der Waals surface area contributed by atoms with Gasteiger partial charge in [0.25, 0.3) is 0 Å². The number of aliphatic hydroxyl groups is 1. The van der Waals surface area contributed by atoms with Gasteiger partial charge in [0.05, 0.1) is 7.11 Å². The van der Waals surface area contributed by atoms with Crippen molar-refractivity contribution in [2.24, 2.45) is 11.7 Å². The van der Waals surface area contributed by atoms with Crippen LogP contribution < -0.4 is 15.8 Å². The van der Waals surface area contributed by atoms with Gasteiger partial charge in [0.2, 0.25) is 0 Å². The average molecular weight is 382 g/mol. The number of nitrogens with one attached hydrogen (secondary N) is 1. The lowest BCUT2D eigenvalue weighted by Gasteiger charge is -2.35. The molecular formula is C20H26N6O2. The Hall–Kier alpha value is -2.68. The van der Waals surface area contributed by atoms with E-state index >= 15 is 0 Å². The number of hydrogen-bond donors (Lipinski definition) is 3. The molecule has 3 aromatic rings. The van der Waals surface area contributed by atoms with Crippen LogP contribution in [0.25, 0.3) is 5.52 Å². The minimum Gasteiger partial charge on any atom is -0.497 e. The maximum Gasteiger partial charge on any atom is 0.158 e. The molecule has 0 spiro atoms. The fourth-order valence-corrected chi connectivity index (χ4v) is 3.78. The van der Waals surface area contributed by atoms with E-state index in [1.807, 2.05) is 35.0 Å². The summed E-state index contributed by atoms with van der Waals surface area (Å²) in [5.74, 6) is 1.65. The van der Waals surface area contributed by atoms with Crippen LogP contribution in [0.15, 0.2) is 42.9 Å². The van der Waals surface area contributed by atoms with E-state index in [1.165, 1.54) is 0 Å². The van der Waals surface area contributed by atoms with Gasteiger partial charge in [-0.25, -0.2) is 9.50 Å². The molecule has 4 rings (SSSR count). The van der Waals surface area contributed by atoms with Crippen molar-refractivity contribution in [3.8, 4) is 5.75 Å². The summed E-state index contributed by atoms with van der Waals surface area (Å²) < 4.78 is 7.14. The lowest BCUT2D eigenvalue weighted by Crippen LogP contribution is -2.48. The first-order valence-corrected chi connectivity index (χ1v) is 9.49. The summed E-state index contributed by atoms with van der Waals surface area (Å²) in [6.45, 7) is 2.60.